The van der Waals surface area contributed by atoms with E-state index in [0.717, 1.165) is 0 Å². The normalized spacial score (nSPS) is 9.35. The van der Waals surface area contributed by atoms with Crippen molar-refractivity contribution in [2.45, 2.75) is 0 Å². The van der Waals surface area contributed by atoms with Crippen LogP contribution in [0.1, 0.15) is 5.56 Å². The van der Waals surface area contributed by atoms with E-state index in [0.29, 0.717) is 5.56 Å². The fourth-order valence-electron chi connectivity index (χ4n) is 1.15. The lowest BCUT2D eigenvalue weighted by atomic mass is 10.2. The van der Waals surface area contributed by atoms with E-state index in [-0.39, 0.29) is 18.9 Å². The molecule has 0 bridgehead atoms. The molecule has 0 radical (unpaired) electrons. The van der Waals surface area contributed by atoms with Gasteiger partial charge in [-0.05, 0) is 18.2 Å². The lowest BCUT2D eigenvalue weighted by Gasteiger charge is -2.05. The first-order chi connectivity index (χ1) is 8.17. The molecule has 2 N–H and O–H groups in total. The minimum absolute atomic E-state index is 0.0709. The van der Waals surface area contributed by atoms with Gasteiger partial charge in [-0.3, -0.25) is 4.79 Å². The molecule has 0 saturated heterocycles. The molecular formula is C12H12FNO3. The van der Waals surface area contributed by atoms with E-state index in [9.17, 15) is 9.18 Å². The van der Waals surface area contributed by atoms with Crippen LogP contribution in [0.2, 0.25) is 0 Å². The standard InChI is InChI=1S/C12H12FNO3/c1-17-8-12(16)14-11-5-4-9(3-2-6-15)7-10(11)13/h4-5,7,15H,6,8H2,1H3,(H,14,16). The number of rotatable bonds is 3. The highest BCUT2D eigenvalue weighted by Crippen LogP contribution is 2.15. The summed E-state index contributed by atoms with van der Waals surface area (Å²) in [6.07, 6.45) is 0. The average Bonchev–Trinajstić information content (AvgIpc) is 2.30. The molecule has 1 aromatic rings. The Bertz CT molecular complexity index is 463. The van der Waals surface area contributed by atoms with Crippen LogP contribution in [-0.4, -0.2) is 31.3 Å². The Labute approximate surface area is 98.4 Å². The second-order valence-corrected chi connectivity index (χ2v) is 3.14. The number of carbonyl (C=O) groups is 1. The molecule has 0 fully saturated rings. The molecular weight excluding hydrogens is 225 g/mol. The minimum Gasteiger partial charge on any atom is -0.384 e. The third-order valence-corrected chi connectivity index (χ3v) is 1.83. The van der Waals surface area contributed by atoms with E-state index >= 15 is 0 Å². The molecule has 0 unspecified atom stereocenters. The van der Waals surface area contributed by atoms with Crippen LogP contribution in [-0.2, 0) is 9.53 Å². The highest BCUT2D eigenvalue weighted by Gasteiger charge is 2.06. The molecule has 1 rings (SSSR count). The largest absolute Gasteiger partial charge is 0.384 e. The van der Waals surface area contributed by atoms with Gasteiger partial charge in [-0.2, -0.15) is 0 Å². The van der Waals surface area contributed by atoms with Gasteiger partial charge in [-0.25, -0.2) is 4.39 Å². The molecule has 90 valence electrons. The maximum absolute atomic E-state index is 13.5. The van der Waals surface area contributed by atoms with Gasteiger partial charge in [0.15, 0.2) is 0 Å². The van der Waals surface area contributed by atoms with Crippen molar-refractivity contribution in [1.29, 1.82) is 0 Å². The van der Waals surface area contributed by atoms with Crippen molar-refractivity contribution in [3.63, 3.8) is 0 Å². The van der Waals surface area contributed by atoms with Crippen molar-refractivity contribution in [3.8, 4) is 11.8 Å². The van der Waals surface area contributed by atoms with E-state index in [2.05, 4.69) is 21.9 Å². The molecule has 17 heavy (non-hydrogen) atoms. The quantitative estimate of drug-likeness (QED) is 0.763. The molecule has 0 aliphatic rings. The monoisotopic (exact) mass is 237 g/mol. The second kappa shape index (κ2) is 6.63. The van der Waals surface area contributed by atoms with Crippen LogP contribution in [0.25, 0.3) is 0 Å². The van der Waals surface area contributed by atoms with Crippen LogP contribution < -0.4 is 5.32 Å². The van der Waals surface area contributed by atoms with E-state index in [1.165, 1.54) is 19.2 Å². The van der Waals surface area contributed by atoms with Gasteiger partial charge in [0.1, 0.15) is 19.0 Å². The van der Waals surface area contributed by atoms with Crippen molar-refractivity contribution in [2.75, 3.05) is 25.6 Å². The van der Waals surface area contributed by atoms with Crippen molar-refractivity contribution < 1.29 is 19.0 Å². The molecule has 0 atom stereocenters. The summed E-state index contributed by atoms with van der Waals surface area (Å²) in [5.41, 5.74) is 0.503. The first-order valence-electron chi connectivity index (χ1n) is 4.85. The molecule has 4 nitrogen and oxygen atoms in total. The van der Waals surface area contributed by atoms with Gasteiger partial charge in [0, 0.05) is 12.7 Å². The number of hydrogen-bond donors (Lipinski definition) is 2. The number of amides is 1. The molecule has 0 saturated carbocycles. The van der Waals surface area contributed by atoms with Gasteiger partial charge >= 0.3 is 0 Å². The Morgan fingerprint density at radius 1 is 1.59 bits per heavy atom. The van der Waals surface area contributed by atoms with Gasteiger partial charge in [-0.1, -0.05) is 11.8 Å². The fourth-order valence-corrected chi connectivity index (χ4v) is 1.15. The first-order valence-corrected chi connectivity index (χ1v) is 4.85. The van der Waals surface area contributed by atoms with E-state index in [4.69, 9.17) is 5.11 Å². The topological polar surface area (TPSA) is 58.6 Å². The van der Waals surface area contributed by atoms with Gasteiger partial charge in [0.25, 0.3) is 0 Å². The summed E-state index contributed by atoms with van der Waals surface area (Å²) in [6, 6.07) is 4.14. The summed E-state index contributed by atoms with van der Waals surface area (Å²) in [4.78, 5) is 11.2. The molecule has 5 heteroatoms. The highest BCUT2D eigenvalue weighted by atomic mass is 19.1. The van der Waals surface area contributed by atoms with Gasteiger partial charge < -0.3 is 15.2 Å². The first kappa shape index (κ1) is 13.2. The zero-order chi connectivity index (χ0) is 12.7. The van der Waals surface area contributed by atoms with Crippen molar-refractivity contribution >= 4 is 11.6 Å². The van der Waals surface area contributed by atoms with Crippen molar-refractivity contribution in [1.82, 2.24) is 0 Å². The highest BCUT2D eigenvalue weighted by molar-refractivity contribution is 5.91. The van der Waals surface area contributed by atoms with Crippen LogP contribution in [0.5, 0.6) is 0 Å². The maximum Gasteiger partial charge on any atom is 0.250 e. The predicted octanol–water partition coefficient (Wildman–Crippen LogP) is 0.754. The third kappa shape index (κ3) is 4.23. The maximum atomic E-state index is 13.5. The SMILES string of the molecule is COCC(=O)Nc1ccc(C#CCO)cc1F. The van der Waals surface area contributed by atoms with Crippen LogP contribution in [0, 0.1) is 17.7 Å². The second-order valence-electron chi connectivity index (χ2n) is 3.14. The smallest absolute Gasteiger partial charge is 0.250 e. The summed E-state index contributed by atoms with van der Waals surface area (Å²) in [5, 5.41) is 10.8. The summed E-state index contributed by atoms with van der Waals surface area (Å²) in [6.45, 7) is -0.417. The molecule has 1 aromatic carbocycles. The summed E-state index contributed by atoms with van der Waals surface area (Å²) in [5.74, 6) is 3.95. The zero-order valence-electron chi connectivity index (χ0n) is 9.29. The Hall–Kier alpha value is -1.90. The Morgan fingerprint density at radius 3 is 2.94 bits per heavy atom. The van der Waals surface area contributed by atoms with E-state index in [1.807, 2.05) is 0 Å². The van der Waals surface area contributed by atoms with Crippen molar-refractivity contribution in [2.24, 2.45) is 0 Å². The van der Waals surface area contributed by atoms with Crippen LogP contribution >= 0.6 is 0 Å². The summed E-state index contributed by atoms with van der Waals surface area (Å²) < 4.78 is 18.1. The summed E-state index contributed by atoms with van der Waals surface area (Å²) >= 11 is 0. The summed E-state index contributed by atoms with van der Waals surface area (Å²) in [7, 11) is 1.38. The molecule has 0 spiro atoms. The number of aliphatic hydroxyl groups is 1. The van der Waals surface area contributed by atoms with Crippen LogP contribution in [0.15, 0.2) is 18.2 Å². The lowest BCUT2D eigenvalue weighted by molar-refractivity contribution is -0.119. The third-order valence-electron chi connectivity index (χ3n) is 1.83. The minimum atomic E-state index is -0.584. The molecule has 0 aromatic heterocycles. The average molecular weight is 237 g/mol. The number of methoxy groups -OCH3 is 1. The van der Waals surface area contributed by atoms with Crippen molar-refractivity contribution in [3.05, 3.63) is 29.6 Å². The van der Waals surface area contributed by atoms with Gasteiger partial charge in [0.05, 0.1) is 5.69 Å². The number of ether oxygens (including phenoxy) is 1. The number of carbonyl (C=O) groups excluding carboxylic acids is 1. The molecule has 0 aliphatic carbocycles. The van der Waals surface area contributed by atoms with Crippen LogP contribution in [0.4, 0.5) is 10.1 Å². The number of hydrogen-bond acceptors (Lipinski definition) is 3. The zero-order valence-corrected chi connectivity index (χ0v) is 9.29. The Balaban J connectivity index is 2.79. The predicted molar refractivity (Wildman–Crippen MR) is 60.9 cm³/mol. The molecule has 0 heterocycles. The Kier molecular flexibility index (Phi) is 5.14. The van der Waals surface area contributed by atoms with Gasteiger partial charge in [0.2, 0.25) is 5.91 Å². The van der Waals surface area contributed by atoms with Crippen LogP contribution in [0.3, 0.4) is 0 Å². The van der Waals surface area contributed by atoms with Gasteiger partial charge in [-0.15, -0.1) is 0 Å². The number of anilines is 1. The molecule has 0 aliphatic heterocycles. The number of halogens is 1. The van der Waals surface area contributed by atoms with E-state index < -0.39 is 11.7 Å². The fraction of sp³-hybridized carbons (Fsp3) is 0.250. The number of nitrogens with one attached hydrogen (secondary N) is 1. The Morgan fingerprint density at radius 2 is 2.35 bits per heavy atom. The number of aliphatic hydroxyl groups excluding tert-OH is 1. The lowest BCUT2D eigenvalue weighted by Crippen LogP contribution is -2.17. The van der Waals surface area contributed by atoms with E-state index in [1.54, 1.807) is 6.07 Å². The number of benzene rings is 1. The molecule has 1 amide bonds.